The van der Waals surface area contributed by atoms with E-state index >= 15 is 0 Å². The first-order chi connectivity index (χ1) is 13.6. The van der Waals surface area contributed by atoms with Gasteiger partial charge in [0.05, 0.1) is 23.4 Å². The fraction of sp³-hybridized carbons (Fsp3) is 0.167. The van der Waals surface area contributed by atoms with E-state index in [4.69, 9.17) is 9.88 Å². The predicted molar refractivity (Wildman–Crippen MR) is 101 cm³/mol. The van der Waals surface area contributed by atoms with E-state index in [9.17, 15) is 21.6 Å². The Bertz CT molecular complexity index is 1200. The van der Waals surface area contributed by atoms with Crippen molar-refractivity contribution in [3.63, 3.8) is 0 Å². The number of primary sulfonamides is 1. The van der Waals surface area contributed by atoms with E-state index in [1.165, 1.54) is 47.8 Å². The van der Waals surface area contributed by atoms with Crippen LogP contribution in [0.1, 0.15) is 11.3 Å². The summed E-state index contributed by atoms with van der Waals surface area (Å²) in [6, 6.07) is 10.3. The lowest BCUT2D eigenvalue weighted by Gasteiger charge is -2.19. The molecule has 0 radical (unpaired) electrons. The number of alkyl halides is 3. The van der Waals surface area contributed by atoms with Gasteiger partial charge in [0.1, 0.15) is 5.75 Å². The summed E-state index contributed by atoms with van der Waals surface area (Å²) in [5.74, 6) is 0.693. The summed E-state index contributed by atoms with van der Waals surface area (Å²) >= 11 is 1.28. The molecule has 0 aliphatic carbocycles. The van der Waals surface area contributed by atoms with Gasteiger partial charge in [0.25, 0.3) is 0 Å². The van der Waals surface area contributed by atoms with Crippen molar-refractivity contribution in [1.29, 1.82) is 0 Å². The molecular formula is C18H14F3N3O3S2. The number of rotatable bonds is 3. The smallest absolute Gasteiger partial charge is 0.435 e. The van der Waals surface area contributed by atoms with E-state index in [0.29, 0.717) is 17.0 Å². The van der Waals surface area contributed by atoms with Gasteiger partial charge in [-0.3, -0.25) is 0 Å². The number of hydrogen-bond acceptors (Lipinski definition) is 5. The average Bonchev–Trinajstić information content (AvgIpc) is 3.07. The molecule has 0 bridgehead atoms. The second-order valence-electron chi connectivity index (χ2n) is 6.28. The molecule has 3 aromatic rings. The largest absolute Gasteiger partial charge is 0.497 e. The van der Waals surface area contributed by atoms with Gasteiger partial charge < -0.3 is 4.74 Å². The number of sulfonamides is 1. The highest BCUT2D eigenvalue weighted by molar-refractivity contribution is 7.98. The van der Waals surface area contributed by atoms with Gasteiger partial charge in [0.15, 0.2) is 5.69 Å². The summed E-state index contributed by atoms with van der Waals surface area (Å²) in [5, 5.41) is 8.93. The Balaban J connectivity index is 1.95. The summed E-state index contributed by atoms with van der Waals surface area (Å²) in [7, 11) is -2.41. The van der Waals surface area contributed by atoms with Crippen molar-refractivity contribution in [3.8, 4) is 22.7 Å². The number of ether oxygens (including phenoxy) is 1. The van der Waals surface area contributed by atoms with Crippen LogP contribution in [0.15, 0.2) is 52.3 Å². The van der Waals surface area contributed by atoms with Crippen LogP contribution in [0.2, 0.25) is 0 Å². The van der Waals surface area contributed by atoms with Crippen LogP contribution in [-0.4, -0.2) is 25.3 Å². The number of methoxy groups -OCH3 is 1. The molecule has 1 aliphatic rings. The molecule has 0 saturated heterocycles. The fourth-order valence-electron chi connectivity index (χ4n) is 3.15. The monoisotopic (exact) mass is 441 g/mol. The minimum Gasteiger partial charge on any atom is -0.497 e. The van der Waals surface area contributed by atoms with Gasteiger partial charge >= 0.3 is 6.18 Å². The summed E-state index contributed by atoms with van der Waals surface area (Å²) in [6.45, 7) is 0. The van der Waals surface area contributed by atoms with Crippen molar-refractivity contribution < 1.29 is 26.3 Å². The lowest BCUT2D eigenvalue weighted by Crippen LogP contribution is -2.12. The highest BCUT2D eigenvalue weighted by Crippen LogP contribution is 2.47. The molecule has 2 aromatic carbocycles. The van der Waals surface area contributed by atoms with Crippen LogP contribution in [0.4, 0.5) is 13.2 Å². The van der Waals surface area contributed by atoms with Gasteiger partial charge in [-0.2, -0.15) is 18.3 Å². The van der Waals surface area contributed by atoms with Crippen LogP contribution in [0.25, 0.3) is 16.9 Å². The lowest BCUT2D eigenvalue weighted by molar-refractivity contribution is -0.141. The van der Waals surface area contributed by atoms with Crippen molar-refractivity contribution in [2.24, 2.45) is 5.14 Å². The molecule has 0 spiro atoms. The second-order valence-corrected chi connectivity index (χ2v) is 8.85. The maximum atomic E-state index is 13.6. The van der Waals surface area contributed by atoms with Gasteiger partial charge in [-0.1, -0.05) is 0 Å². The molecule has 6 nitrogen and oxygen atoms in total. The molecule has 0 saturated carbocycles. The Labute approximate surface area is 168 Å². The van der Waals surface area contributed by atoms with Crippen LogP contribution in [0.3, 0.4) is 0 Å². The van der Waals surface area contributed by atoms with Crippen molar-refractivity contribution >= 4 is 21.8 Å². The third-order valence-corrected chi connectivity index (χ3v) is 6.49. The van der Waals surface area contributed by atoms with Crippen LogP contribution in [0, 0.1) is 0 Å². The predicted octanol–water partition coefficient (Wildman–Crippen LogP) is 3.82. The van der Waals surface area contributed by atoms with Gasteiger partial charge in [-0.15, -0.1) is 11.8 Å². The number of benzene rings is 2. The molecule has 29 heavy (non-hydrogen) atoms. The minimum atomic E-state index is -4.62. The van der Waals surface area contributed by atoms with Gasteiger partial charge in [0.2, 0.25) is 10.0 Å². The molecule has 1 aromatic heterocycles. The number of thioether (sulfide) groups is 1. The quantitative estimate of drug-likeness (QED) is 0.668. The van der Waals surface area contributed by atoms with Gasteiger partial charge in [-0.05, 0) is 42.5 Å². The van der Waals surface area contributed by atoms with Gasteiger partial charge in [-0.25, -0.2) is 18.2 Å². The molecule has 152 valence electrons. The average molecular weight is 441 g/mol. The zero-order valence-electron chi connectivity index (χ0n) is 14.9. The van der Waals surface area contributed by atoms with Crippen molar-refractivity contribution in [2.75, 3.05) is 7.11 Å². The fourth-order valence-corrected chi connectivity index (χ4v) is 4.76. The number of hydrogen-bond donors (Lipinski definition) is 1. The van der Waals surface area contributed by atoms with Crippen molar-refractivity contribution in [2.45, 2.75) is 21.7 Å². The Morgan fingerprint density at radius 3 is 2.45 bits per heavy atom. The van der Waals surface area contributed by atoms with Crippen molar-refractivity contribution in [3.05, 3.63) is 53.7 Å². The van der Waals surface area contributed by atoms with Crippen LogP contribution in [0.5, 0.6) is 5.75 Å². The number of nitrogens with two attached hydrogens (primary N) is 1. The maximum Gasteiger partial charge on any atom is 0.435 e. The number of nitrogens with zero attached hydrogens (tertiary/aromatic N) is 2. The summed E-state index contributed by atoms with van der Waals surface area (Å²) < 4.78 is 70.2. The van der Waals surface area contributed by atoms with E-state index in [1.54, 1.807) is 18.2 Å². The highest BCUT2D eigenvalue weighted by atomic mass is 32.2. The highest BCUT2D eigenvalue weighted by Gasteiger charge is 2.41. The first kappa shape index (κ1) is 19.8. The summed E-state index contributed by atoms with van der Waals surface area (Å²) in [5.41, 5.74) is 0.318. The molecule has 0 unspecified atom stereocenters. The third kappa shape index (κ3) is 3.49. The van der Waals surface area contributed by atoms with E-state index in [2.05, 4.69) is 5.10 Å². The van der Waals surface area contributed by atoms with Crippen molar-refractivity contribution in [1.82, 2.24) is 9.78 Å². The molecule has 4 rings (SSSR count). The maximum absolute atomic E-state index is 13.6. The van der Waals surface area contributed by atoms with E-state index < -0.39 is 21.9 Å². The molecule has 2 N–H and O–H groups in total. The summed E-state index contributed by atoms with van der Waals surface area (Å²) in [4.78, 5) is 0.631. The number of aromatic nitrogens is 2. The minimum absolute atomic E-state index is 0.0793. The van der Waals surface area contributed by atoms with E-state index in [-0.39, 0.29) is 21.9 Å². The standard InChI is InChI=1S/C18H14F3N3O3S2/c1-27-11-4-7-13-15(8-11)28-9-14-16(13)24(23-17(14)18(19,20)21)10-2-5-12(6-3-10)29(22,25)26/h2-8H,9H2,1H3,(H2,22,25,26). The van der Waals surface area contributed by atoms with Crippen LogP contribution >= 0.6 is 11.8 Å². The number of halogens is 3. The van der Waals surface area contributed by atoms with E-state index in [0.717, 1.165) is 4.90 Å². The first-order valence-corrected chi connectivity index (χ1v) is 10.8. The normalized spacial score (nSPS) is 13.7. The Morgan fingerprint density at radius 2 is 1.86 bits per heavy atom. The lowest BCUT2D eigenvalue weighted by atomic mass is 10.0. The molecule has 11 heteroatoms. The second kappa shape index (κ2) is 6.78. The summed E-state index contributed by atoms with van der Waals surface area (Å²) in [6.07, 6.45) is -4.62. The third-order valence-electron chi connectivity index (χ3n) is 4.48. The number of fused-ring (bicyclic) bond motifs is 3. The molecule has 2 heterocycles. The Morgan fingerprint density at radius 1 is 1.17 bits per heavy atom. The van der Waals surface area contributed by atoms with Crippen LogP contribution < -0.4 is 9.88 Å². The SMILES string of the molecule is COc1ccc2c(c1)SCc1c(C(F)(F)F)nn(-c3ccc(S(N)(=O)=O)cc3)c1-2. The molecule has 0 fully saturated rings. The van der Waals surface area contributed by atoms with Gasteiger partial charge in [0, 0.05) is 21.8 Å². The topological polar surface area (TPSA) is 87.2 Å². The zero-order chi connectivity index (χ0) is 21.0. The zero-order valence-corrected chi connectivity index (χ0v) is 16.5. The Kier molecular flexibility index (Phi) is 4.63. The molecule has 1 aliphatic heterocycles. The molecular weight excluding hydrogens is 427 g/mol. The van der Waals surface area contributed by atoms with Crippen LogP contribution in [-0.2, 0) is 22.0 Å². The van der Waals surface area contributed by atoms with E-state index in [1.807, 2.05) is 0 Å². The molecule has 0 amide bonds. The Hall–Kier alpha value is -2.50. The molecule has 0 atom stereocenters. The first-order valence-electron chi connectivity index (χ1n) is 8.23.